The molecule has 0 aliphatic heterocycles. The van der Waals surface area contributed by atoms with Crippen molar-refractivity contribution < 1.29 is 23.8 Å². The Bertz CT molecular complexity index is 1320. The molecule has 1 amide bonds. The van der Waals surface area contributed by atoms with E-state index >= 15 is 0 Å². The third-order valence-electron chi connectivity index (χ3n) is 4.97. The Kier molecular flexibility index (Phi) is 6.43. The number of nitrogens with zero attached hydrogens (tertiary/aromatic N) is 1. The van der Waals surface area contributed by atoms with E-state index in [4.69, 9.17) is 4.74 Å². The van der Waals surface area contributed by atoms with Crippen molar-refractivity contribution in [2.45, 2.75) is 19.4 Å². The minimum atomic E-state index is -1.37. The van der Waals surface area contributed by atoms with Crippen molar-refractivity contribution in [1.82, 2.24) is 4.98 Å². The summed E-state index contributed by atoms with van der Waals surface area (Å²) in [6.07, 6.45) is 0. The number of nitrogens with one attached hydrogen (secondary N) is 1. The largest absolute Gasteiger partial charge is 0.478 e. The van der Waals surface area contributed by atoms with Gasteiger partial charge in [0.25, 0.3) is 5.91 Å². The number of ether oxygens (including phenoxy) is 1. The Morgan fingerprint density at radius 2 is 1.59 bits per heavy atom. The zero-order valence-corrected chi connectivity index (χ0v) is 19.2. The van der Waals surface area contributed by atoms with E-state index in [2.05, 4.69) is 10.3 Å². The first-order chi connectivity index (χ1) is 16.2. The molecule has 0 unspecified atom stereocenters. The number of aliphatic carboxylic acids is 1. The number of carbonyl (C=O) groups is 2. The highest BCUT2D eigenvalue weighted by Gasteiger charge is 2.29. The van der Waals surface area contributed by atoms with Gasteiger partial charge in [-0.1, -0.05) is 30.3 Å². The first-order valence-corrected chi connectivity index (χ1v) is 11.2. The fourth-order valence-electron chi connectivity index (χ4n) is 3.11. The Balaban J connectivity index is 1.66. The van der Waals surface area contributed by atoms with Crippen molar-refractivity contribution in [3.63, 3.8) is 0 Å². The molecule has 34 heavy (non-hydrogen) atoms. The van der Waals surface area contributed by atoms with Crippen molar-refractivity contribution in [3.8, 4) is 26.8 Å². The molecule has 172 valence electrons. The van der Waals surface area contributed by atoms with E-state index in [1.807, 2.05) is 30.3 Å². The summed E-state index contributed by atoms with van der Waals surface area (Å²) in [6.45, 7) is 2.95. The van der Waals surface area contributed by atoms with Gasteiger partial charge < -0.3 is 15.2 Å². The average Bonchev–Trinajstić information content (AvgIpc) is 3.27. The van der Waals surface area contributed by atoms with Crippen LogP contribution < -0.4 is 10.1 Å². The maximum atomic E-state index is 13.2. The van der Waals surface area contributed by atoms with Crippen LogP contribution in [0.25, 0.3) is 21.0 Å². The molecule has 0 atom stereocenters. The number of amides is 1. The summed E-state index contributed by atoms with van der Waals surface area (Å²) in [5.74, 6) is -1.46. The molecule has 6 nitrogen and oxygen atoms in total. The highest BCUT2D eigenvalue weighted by Crippen LogP contribution is 2.36. The van der Waals surface area contributed by atoms with Gasteiger partial charge in [0.15, 0.2) is 5.60 Å². The van der Waals surface area contributed by atoms with Crippen LogP contribution in [0, 0.1) is 5.82 Å². The number of rotatable bonds is 7. The summed E-state index contributed by atoms with van der Waals surface area (Å²) in [7, 11) is 0. The van der Waals surface area contributed by atoms with Crippen LogP contribution in [0.5, 0.6) is 5.75 Å². The molecule has 3 aromatic carbocycles. The number of hydrogen-bond acceptors (Lipinski definition) is 5. The third-order valence-corrected chi connectivity index (χ3v) is 6.12. The monoisotopic (exact) mass is 476 g/mol. The zero-order chi connectivity index (χ0) is 24.3. The average molecular weight is 477 g/mol. The quantitative estimate of drug-likeness (QED) is 0.336. The Morgan fingerprint density at radius 1 is 0.941 bits per heavy atom. The van der Waals surface area contributed by atoms with E-state index in [-0.39, 0.29) is 5.69 Å². The number of halogens is 1. The van der Waals surface area contributed by atoms with Gasteiger partial charge in [-0.2, -0.15) is 0 Å². The molecule has 0 fully saturated rings. The first-order valence-electron chi connectivity index (χ1n) is 10.4. The maximum absolute atomic E-state index is 13.2. The van der Waals surface area contributed by atoms with Crippen LogP contribution in [0.15, 0.2) is 78.9 Å². The predicted molar refractivity (Wildman–Crippen MR) is 130 cm³/mol. The molecule has 1 heterocycles. The number of carboxylic acid groups (broad SMARTS) is 1. The van der Waals surface area contributed by atoms with Crippen LogP contribution in [0.2, 0.25) is 0 Å². The minimum absolute atomic E-state index is 0.253. The normalized spacial score (nSPS) is 11.1. The van der Waals surface area contributed by atoms with Gasteiger partial charge in [-0.15, -0.1) is 11.3 Å². The SMILES string of the molecule is CC(C)(Oc1ccc(-c2nc(C(=O)Nc3ccc(F)cc3)c(-c3ccccc3)s2)cc1)C(=O)O. The molecule has 0 radical (unpaired) electrons. The van der Waals surface area contributed by atoms with Gasteiger partial charge in [-0.05, 0) is 67.9 Å². The smallest absolute Gasteiger partial charge is 0.347 e. The second kappa shape index (κ2) is 9.44. The molecular formula is C26H21FN2O4S. The molecule has 0 bridgehead atoms. The van der Waals surface area contributed by atoms with Gasteiger partial charge >= 0.3 is 5.97 Å². The van der Waals surface area contributed by atoms with Gasteiger partial charge in [0.05, 0.1) is 4.88 Å². The van der Waals surface area contributed by atoms with Gasteiger partial charge in [-0.3, -0.25) is 4.79 Å². The highest BCUT2D eigenvalue weighted by atomic mass is 32.1. The fraction of sp³-hybridized carbons (Fsp3) is 0.115. The topological polar surface area (TPSA) is 88.5 Å². The molecule has 0 aliphatic rings. The number of carboxylic acids is 1. The summed E-state index contributed by atoms with van der Waals surface area (Å²) in [5, 5.41) is 12.6. The summed E-state index contributed by atoms with van der Waals surface area (Å²) in [5.41, 5.74) is 0.946. The third kappa shape index (κ3) is 5.13. The molecule has 8 heteroatoms. The maximum Gasteiger partial charge on any atom is 0.347 e. The Morgan fingerprint density at radius 3 is 2.21 bits per heavy atom. The van der Waals surface area contributed by atoms with E-state index < -0.39 is 23.3 Å². The Labute approximate surface area is 199 Å². The number of aromatic nitrogens is 1. The van der Waals surface area contributed by atoms with E-state index in [9.17, 15) is 19.1 Å². The van der Waals surface area contributed by atoms with E-state index in [0.29, 0.717) is 21.3 Å². The number of anilines is 1. The van der Waals surface area contributed by atoms with Crippen molar-refractivity contribution in [3.05, 3.63) is 90.4 Å². The molecule has 0 saturated carbocycles. The van der Waals surface area contributed by atoms with Crippen molar-refractivity contribution in [2.75, 3.05) is 5.32 Å². The minimum Gasteiger partial charge on any atom is -0.478 e. The number of hydrogen-bond donors (Lipinski definition) is 2. The summed E-state index contributed by atoms with van der Waals surface area (Å²) >= 11 is 1.36. The lowest BCUT2D eigenvalue weighted by molar-refractivity contribution is -0.152. The van der Waals surface area contributed by atoms with Crippen LogP contribution in [-0.2, 0) is 4.79 Å². The lowest BCUT2D eigenvalue weighted by Gasteiger charge is -2.21. The number of benzene rings is 3. The van der Waals surface area contributed by atoms with E-state index in [1.54, 1.807) is 24.3 Å². The predicted octanol–water partition coefficient (Wildman–Crippen LogP) is 6.11. The van der Waals surface area contributed by atoms with Crippen LogP contribution in [-0.4, -0.2) is 27.6 Å². The first kappa shape index (κ1) is 23.1. The van der Waals surface area contributed by atoms with Crippen molar-refractivity contribution in [2.24, 2.45) is 0 Å². The molecule has 4 rings (SSSR count). The standard InChI is InChI=1S/C26H21FN2O4S/c1-26(2,25(31)32)33-20-14-8-17(9-15-20)24-29-21(22(34-24)16-6-4-3-5-7-16)23(30)28-19-12-10-18(27)11-13-19/h3-15H,1-2H3,(H,28,30)(H,31,32). The lowest BCUT2D eigenvalue weighted by Crippen LogP contribution is -2.37. The van der Waals surface area contributed by atoms with Crippen molar-refractivity contribution >= 4 is 28.9 Å². The number of thiazole rings is 1. The second-order valence-electron chi connectivity index (χ2n) is 7.97. The molecule has 1 aromatic heterocycles. The molecule has 2 N–H and O–H groups in total. The summed E-state index contributed by atoms with van der Waals surface area (Å²) in [4.78, 5) is 29.7. The van der Waals surface area contributed by atoms with E-state index in [0.717, 1.165) is 11.1 Å². The lowest BCUT2D eigenvalue weighted by atomic mass is 10.1. The van der Waals surface area contributed by atoms with Crippen molar-refractivity contribution in [1.29, 1.82) is 0 Å². The molecule has 0 aliphatic carbocycles. The Hall–Kier alpha value is -4.04. The highest BCUT2D eigenvalue weighted by molar-refractivity contribution is 7.18. The molecule has 4 aromatic rings. The fourth-order valence-corrected chi connectivity index (χ4v) is 4.18. The van der Waals surface area contributed by atoms with Crippen LogP contribution in [0.4, 0.5) is 10.1 Å². The van der Waals surface area contributed by atoms with Gasteiger partial charge in [-0.25, -0.2) is 14.2 Å². The number of carbonyl (C=O) groups excluding carboxylic acids is 1. The van der Waals surface area contributed by atoms with Crippen LogP contribution in [0.3, 0.4) is 0 Å². The van der Waals surface area contributed by atoms with Crippen LogP contribution >= 0.6 is 11.3 Å². The summed E-state index contributed by atoms with van der Waals surface area (Å²) in [6, 6.07) is 21.8. The van der Waals surface area contributed by atoms with Gasteiger partial charge in [0.2, 0.25) is 0 Å². The molecular weight excluding hydrogens is 455 g/mol. The summed E-state index contributed by atoms with van der Waals surface area (Å²) < 4.78 is 18.8. The molecule has 0 spiro atoms. The van der Waals surface area contributed by atoms with Crippen LogP contribution in [0.1, 0.15) is 24.3 Å². The second-order valence-corrected chi connectivity index (χ2v) is 8.96. The van der Waals surface area contributed by atoms with Gasteiger partial charge in [0, 0.05) is 11.3 Å². The van der Waals surface area contributed by atoms with Gasteiger partial charge in [0.1, 0.15) is 22.3 Å². The van der Waals surface area contributed by atoms with E-state index in [1.165, 1.54) is 49.4 Å². The molecule has 0 saturated heterocycles. The zero-order valence-electron chi connectivity index (χ0n) is 18.4.